The zero-order valence-electron chi connectivity index (χ0n) is 11.7. The van der Waals surface area contributed by atoms with Crippen LogP contribution in [-0.4, -0.2) is 37.5 Å². The molecule has 3 nitrogen and oxygen atoms in total. The molecule has 1 aromatic carbocycles. The van der Waals surface area contributed by atoms with E-state index < -0.39 is 0 Å². The van der Waals surface area contributed by atoms with Crippen molar-refractivity contribution in [3.05, 3.63) is 35.9 Å². The van der Waals surface area contributed by atoms with Gasteiger partial charge in [0.05, 0.1) is 0 Å². The molecule has 1 fully saturated rings. The number of benzene rings is 1. The lowest BCUT2D eigenvalue weighted by molar-refractivity contribution is -0.130. The molecule has 1 heterocycles. The summed E-state index contributed by atoms with van der Waals surface area (Å²) in [5.41, 5.74) is 1.46. The molecule has 1 saturated heterocycles. The lowest BCUT2D eigenvalue weighted by Gasteiger charge is -2.25. The number of likely N-dealkylation sites (tertiary alicyclic amines) is 1. The molecule has 0 aliphatic carbocycles. The van der Waals surface area contributed by atoms with Gasteiger partial charge >= 0.3 is 0 Å². The molecule has 1 N–H and O–H groups in total. The van der Waals surface area contributed by atoms with Gasteiger partial charge in [-0.1, -0.05) is 37.3 Å². The maximum atomic E-state index is 12.0. The molecule has 1 amide bonds. The van der Waals surface area contributed by atoms with E-state index in [9.17, 15) is 4.79 Å². The summed E-state index contributed by atoms with van der Waals surface area (Å²) < 4.78 is 0. The third-order valence-corrected chi connectivity index (χ3v) is 3.89. The smallest absolute Gasteiger partial charge is 0.223 e. The van der Waals surface area contributed by atoms with Crippen molar-refractivity contribution in [3.8, 4) is 0 Å². The van der Waals surface area contributed by atoms with E-state index in [0.29, 0.717) is 6.42 Å². The maximum Gasteiger partial charge on any atom is 0.223 e. The fraction of sp³-hybridized carbons (Fsp3) is 0.533. The van der Waals surface area contributed by atoms with Crippen molar-refractivity contribution in [1.29, 1.82) is 0 Å². The van der Waals surface area contributed by atoms with Crippen LogP contribution in [0.5, 0.6) is 0 Å². The third-order valence-electron chi connectivity index (χ3n) is 3.89. The lowest BCUT2D eigenvalue weighted by atomic mass is 9.82. The molecule has 0 aromatic heterocycles. The highest BCUT2D eigenvalue weighted by Crippen LogP contribution is 2.34. The number of rotatable bonds is 4. The molecule has 0 radical (unpaired) electrons. The zero-order chi connectivity index (χ0) is 13.0. The Morgan fingerprint density at radius 2 is 2.05 bits per heavy atom. The van der Waals surface area contributed by atoms with Crippen LogP contribution in [0.2, 0.25) is 0 Å². The van der Waals surface area contributed by atoms with Crippen molar-refractivity contribution < 1.29 is 4.79 Å². The second kappa shape index (κ2) is 6.92. The van der Waals surface area contributed by atoms with Gasteiger partial charge in [0, 0.05) is 31.5 Å². The van der Waals surface area contributed by atoms with Crippen LogP contribution in [0.15, 0.2) is 30.3 Å². The molecule has 19 heavy (non-hydrogen) atoms. The van der Waals surface area contributed by atoms with E-state index in [0.717, 1.165) is 26.1 Å². The molecule has 1 atom stereocenters. The van der Waals surface area contributed by atoms with E-state index in [1.807, 2.05) is 18.0 Å². The van der Waals surface area contributed by atoms with Gasteiger partial charge in [-0.15, -0.1) is 12.4 Å². The number of carbonyl (C=O) groups excluding carboxylic acids is 1. The van der Waals surface area contributed by atoms with Crippen molar-refractivity contribution in [2.24, 2.45) is 0 Å². The van der Waals surface area contributed by atoms with E-state index in [2.05, 4.69) is 36.5 Å². The molecule has 4 heteroatoms. The second-order valence-corrected chi connectivity index (χ2v) is 5.35. The van der Waals surface area contributed by atoms with Crippen molar-refractivity contribution in [2.45, 2.75) is 25.2 Å². The summed E-state index contributed by atoms with van der Waals surface area (Å²) in [6.07, 6.45) is 1.66. The normalized spacial score (nSPS) is 22.1. The van der Waals surface area contributed by atoms with E-state index in [1.54, 1.807) is 0 Å². The van der Waals surface area contributed by atoms with Crippen molar-refractivity contribution in [2.75, 3.05) is 26.7 Å². The summed E-state index contributed by atoms with van der Waals surface area (Å²) in [6, 6.07) is 10.5. The molecular formula is C15H23ClN2O. The van der Waals surface area contributed by atoms with Gasteiger partial charge in [-0.2, -0.15) is 0 Å². The molecule has 1 aromatic rings. The van der Waals surface area contributed by atoms with Crippen LogP contribution < -0.4 is 5.32 Å². The standard InChI is InChI=1S/C15H22N2O.ClH/c1-15(13-6-4-3-5-7-13)9-11-17(12-15)14(18)8-10-16-2;/h3-7,16H,8-12H2,1-2H3;1H. The minimum atomic E-state index is 0. The predicted molar refractivity (Wildman–Crippen MR) is 80.8 cm³/mol. The Morgan fingerprint density at radius 1 is 1.37 bits per heavy atom. The van der Waals surface area contributed by atoms with Gasteiger partial charge in [-0.3, -0.25) is 4.79 Å². The second-order valence-electron chi connectivity index (χ2n) is 5.35. The average molecular weight is 283 g/mol. The molecule has 1 aliphatic heterocycles. The Hall–Kier alpha value is -1.06. The largest absolute Gasteiger partial charge is 0.342 e. The fourth-order valence-electron chi connectivity index (χ4n) is 2.64. The Kier molecular flexibility index (Phi) is 5.83. The minimum absolute atomic E-state index is 0. The highest BCUT2D eigenvalue weighted by molar-refractivity contribution is 5.85. The van der Waals surface area contributed by atoms with Gasteiger partial charge in [0.25, 0.3) is 0 Å². The highest BCUT2D eigenvalue weighted by atomic mass is 35.5. The zero-order valence-corrected chi connectivity index (χ0v) is 12.5. The first kappa shape index (κ1) is 16.0. The van der Waals surface area contributed by atoms with Crippen LogP contribution in [0.4, 0.5) is 0 Å². The Labute approximate surface area is 121 Å². The number of halogens is 1. The van der Waals surface area contributed by atoms with E-state index in [4.69, 9.17) is 0 Å². The van der Waals surface area contributed by atoms with Crippen LogP contribution in [0.1, 0.15) is 25.3 Å². The molecule has 106 valence electrons. The molecular weight excluding hydrogens is 260 g/mol. The summed E-state index contributed by atoms with van der Waals surface area (Å²) in [6.45, 7) is 4.75. The first-order valence-corrected chi connectivity index (χ1v) is 6.64. The quantitative estimate of drug-likeness (QED) is 0.918. The van der Waals surface area contributed by atoms with Crippen molar-refractivity contribution in [1.82, 2.24) is 10.2 Å². The lowest BCUT2D eigenvalue weighted by Crippen LogP contribution is -2.34. The number of nitrogens with one attached hydrogen (secondary N) is 1. The van der Waals surface area contributed by atoms with Crippen molar-refractivity contribution >= 4 is 18.3 Å². The van der Waals surface area contributed by atoms with E-state index in [1.165, 1.54) is 5.56 Å². The average Bonchev–Trinajstić information content (AvgIpc) is 2.81. The number of amides is 1. The summed E-state index contributed by atoms with van der Waals surface area (Å²) in [5, 5.41) is 3.03. The summed E-state index contributed by atoms with van der Waals surface area (Å²) in [4.78, 5) is 14.0. The number of hydrogen-bond acceptors (Lipinski definition) is 2. The van der Waals surface area contributed by atoms with Crippen LogP contribution in [0, 0.1) is 0 Å². The molecule has 2 rings (SSSR count). The molecule has 0 saturated carbocycles. The third kappa shape index (κ3) is 3.71. The van der Waals surface area contributed by atoms with E-state index >= 15 is 0 Å². The molecule has 1 aliphatic rings. The summed E-state index contributed by atoms with van der Waals surface area (Å²) in [7, 11) is 1.88. The topological polar surface area (TPSA) is 32.3 Å². The number of nitrogens with zero attached hydrogens (tertiary/aromatic N) is 1. The van der Waals surface area contributed by atoms with Gasteiger partial charge < -0.3 is 10.2 Å². The Balaban J connectivity index is 0.00000180. The minimum Gasteiger partial charge on any atom is -0.342 e. The summed E-state index contributed by atoms with van der Waals surface area (Å²) in [5.74, 6) is 0.268. The molecule has 0 spiro atoms. The van der Waals surface area contributed by atoms with Gasteiger partial charge in [0.1, 0.15) is 0 Å². The highest BCUT2D eigenvalue weighted by Gasteiger charge is 2.36. The van der Waals surface area contributed by atoms with E-state index in [-0.39, 0.29) is 23.7 Å². The predicted octanol–water partition coefficient (Wildman–Crippen LogP) is 2.21. The Morgan fingerprint density at radius 3 is 2.68 bits per heavy atom. The number of hydrogen-bond donors (Lipinski definition) is 1. The SMILES string of the molecule is CNCCC(=O)N1CCC(C)(c2ccccc2)C1.Cl. The Bertz CT molecular complexity index is 410. The first-order valence-electron chi connectivity index (χ1n) is 6.64. The maximum absolute atomic E-state index is 12.0. The fourth-order valence-corrected chi connectivity index (χ4v) is 2.64. The van der Waals surface area contributed by atoms with Crippen LogP contribution in [-0.2, 0) is 10.2 Å². The number of carbonyl (C=O) groups is 1. The van der Waals surface area contributed by atoms with Crippen LogP contribution in [0.3, 0.4) is 0 Å². The summed E-state index contributed by atoms with van der Waals surface area (Å²) >= 11 is 0. The van der Waals surface area contributed by atoms with Gasteiger partial charge in [-0.05, 0) is 19.0 Å². The van der Waals surface area contributed by atoms with Gasteiger partial charge in [-0.25, -0.2) is 0 Å². The van der Waals surface area contributed by atoms with Crippen LogP contribution in [0.25, 0.3) is 0 Å². The van der Waals surface area contributed by atoms with Crippen molar-refractivity contribution in [3.63, 3.8) is 0 Å². The monoisotopic (exact) mass is 282 g/mol. The molecule has 1 unspecified atom stereocenters. The van der Waals surface area contributed by atoms with Crippen LogP contribution >= 0.6 is 12.4 Å². The van der Waals surface area contributed by atoms with Gasteiger partial charge in [0.15, 0.2) is 0 Å². The first-order chi connectivity index (χ1) is 8.65. The molecule has 0 bridgehead atoms. The van der Waals surface area contributed by atoms with Gasteiger partial charge in [0.2, 0.25) is 5.91 Å².